The van der Waals surface area contributed by atoms with Gasteiger partial charge in [-0.1, -0.05) is 14.9 Å². The monoisotopic (exact) mass is 426 g/mol. The van der Waals surface area contributed by atoms with Crippen molar-refractivity contribution in [2.24, 2.45) is 11.8 Å². The Hall–Kier alpha value is -0.360. The zero-order valence-electron chi connectivity index (χ0n) is 16.4. The maximum atomic E-state index is 10.4. The minimum absolute atomic E-state index is 0. The van der Waals surface area contributed by atoms with E-state index in [1.165, 1.54) is 14.2 Å². The van der Waals surface area contributed by atoms with E-state index in [0.29, 0.717) is 0 Å². The first-order chi connectivity index (χ1) is 12.8. The van der Waals surface area contributed by atoms with Crippen molar-refractivity contribution in [2.75, 3.05) is 40.6 Å². The van der Waals surface area contributed by atoms with E-state index in [1.807, 2.05) is 6.92 Å². The summed E-state index contributed by atoms with van der Waals surface area (Å²) in [5.74, 6) is -0.750. The van der Waals surface area contributed by atoms with Gasteiger partial charge in [0.15, 0.2) is 0 Å². The highest BCUT2D eigenvalue weighted by atomic mass is 16.6. The van der Waals surface area contributed by atoms with Gasteiger partial charge in [0.2, 0.25) is 0 Å². The summed E-state index contributed by atoms with van der Waals surface area (Å²) >= 11 is 0. The highest BCUT2D eigenvalue weighted by Gasteiger charge is 2.44. The molecule has 9 heteroatoms. The van der Waals surface area contributed by atoms with Gasteiger partial charge >= 0.3 is 0 Å². The topological polar surface area (TPSA) is 127 Å². The Morgan fingerprint density at radius 3 is 1.48 bits per heavy atom. The van der Waals surface area contributed by atoms with Gasteiger partial charge < -0.3 is 44.1 Å². The maximum absolute atomic E-state index is 10.4. The molecule has 4 N–H and O–H groups in total. The van der Waals surface area contributed by atoms with E-state index in [0.717, 1.165) is 0 Å². The van der Waals surface area contributed by atoms with Crippen molar-refractivity contribution in [1.29, 1.82) is 0 Å². The molecular weight excluding hydrogens is 384 g/mol. The van der Waals surface area contributed by atoms with Gasteiger partial charge in [-0.2, -0.15) is 0 Å². The van der Waals surface area contributed by atoms with Crippen LogP contribution in [0.3, 0.4) is 0 Å². The SMILES string of the molecule is C.C.COCC1OC(C)C(COCC2OC(C)C(COC)C(O)C2O)C(O)C1O. The molecule has 0 radical (unpaired) electrons. The van der Waals surface area contributed by atoms with Gasteiger partial charge in [0, 0.05) is 26.1 Å². The standard InChI is InChI=1S/C18H34O9.2CH4/c1-9-11(5-23-3)15(19)18(22)14(27-9)8-25-6-12-10(2)26-13(7-24-4)17(21)16(12)20;;/h9-22H,5-8H2,1-4H3;2*1H4. The molecule has 0 amide bonds. The second kappa shape index (κ2) is 13.1. The lowest BCUT2D eigenvalue weighted by Crippen LogP contribution is -2.57. The highest BCUT2D eigenvalue weighted by molar-refractivity contribution is 4.92. The quantitative estimate of drug-likeness (QED) is 0.418. The molecule has 0 aromatic carbocycles. The summed E-state index contributed by atoms with van der Waals surface area (Å²) in [4.78, 5) is 0. The third-order valence-corrected chi connectivity index (χ3v) is 5.61. The Morgan fingerprint density at radius 1 is 0.621 bits per heavy atom. The summed E-state index contributed by atoms with van der Waals surface area (Å²) in [5.41, 5.74) is 0. The molecule has 9 nitrogen and oxygen atoms in total. The molecule has 0 aromatic heterocycles. The van der Waals surface area contributed by atoms with Gasteiger partial charge in [-0.15, -0.1) is 0 Å². The van der Waals surface area contributed by atoms with E-state index in [9.17, 15) is 20.4 Å². The van der Waals surface area contributed by atoms with Crippen LogP contribution >= 0.6 is 0 Å². The van der Waals surface area contributed by atoms with Crippen LogP contribution in [0.1, 0.15) is 28.7 Å². The molecule has 0 bridgehead atoms. The number of aliphatic hydroxyl groups excluding tert-OH is 4. The zero-order chi connectivity index (χ0) is 20.1. The van der Waals surface area contributed by atoms with Gasteiger partial charge in [0.25, 0.3) is 0 Å². The molecule has 2 rings (SSSR count). The van der Waals surface area contributed by atoms with Crippen LogP contribution in [0.4, 0.5) is 0 Å². The normalized spacial score (nSPS) is 42.6. The molecule has 10 unspecified atom stereocenters. The lowest BCUT2D eigenvalue weighted by Gasteiger charge is -2.43. The zero-order valence-corrected chi connectivity index (χ0v) is 16.4. The second-order valence-corrected chi connectivity index (χ2v) is 7.50. The predicted molar refractivity (Wildman–Crippen MR) is 108 cm³/mol. The molecule has 29 heavy (non-hydrogen) atoms. The second-order valence-electron chi connectivity index (χ2n) is 7.50. The Labute approximate surface area is 174 Å². The summed E-state index contributed by atoms with van der Waals surface area (Å²) in [7, 11) is 3.04. The summed E-state index contributed by atoms with van der Waals surface area (Å²) in [6.07, 6.45) is -6.05. The number of rotatable bonds is 8. The molecule has 0 saturated carbocycles. The van der Waals surface area contributed by atoms with Gasteiger partial charge in [-0.05, 0) is 13.8 Å². The molecule has 2 saturated heterocycles. The fraction of sp³-hybridized carbons (Fsp3) is 1.00. The van der Waals surface area contributed by atoms with E-state index in [4.69, 9.17) is 23.7 Å². The minimum atomic E-state index is -1.09. The molecule has 10 atom stereocenters. The van der Waals surface area contributed by atoms with E-state index in [2.05, 4.69) is 0 Å². The highest BCUT2D eigenvalue weighted by Crippen LogP contribution is 2.29. The Bertz CT molecular complexity index is 438. The van der Waals surface area contributed by atoms with Crippen molar-refractivity contribution >= 4 is 0 Å². The van der Waals surface area contributed by atoms with E-state index >= 15 is 0 Å². The molecule has 2 heterocycles. The first-order valence-electron chi connectivity index (χ1n) is 9.40. The minimum Gasteiger partial charge on any atom is -0.390 e. The summed E-state index contributed by atoms with van der Waals surface area (Å²) < 4.78 is 27.2. The van der Waals surface area contributed by atoms with Crippen molar-refractivity contribution in [3.63, 3.8) is 0 Å². The van der Waals surface area contributed by atoms with Crippen LogP contribution in [0.15, 0.2) is 0 Å². The molecular formula is C20H42O9. The van der Waals surface area contributed by atoms with Crippen LogP contribution in [0.25, 0.3) is 0 Å². The lowest BCUT2D eigenvalue weighted by atomic mass is 9.87. The molecule has 0 aliphatic carbocycles. The van der Waals surface area contributed by atoms with Crippen molar-refractivity contribution in [3.8, 4) is 0 Å². The van der Waals surface area contributed by atoms with Gasteiger partial charge in [0.05, 0.1) is 50.8 Å². The van der Waals surface area contributed by atoms with Crippen LogP contribution in [-0.2, 0) is 23.7 Å². The largest absolute Gasteiger partial charge is 0.390 e. The number of ether oxygens (including phenoxy) is 5. The molecule has 2 aliphatic heterocycles. The van der Waals surface area contributed by atoms with Crippen molar-refractivity contribution in [1.82, 2.24) is 0 Å². The Kier molecular flexibility index (Phi) is 13.0. The first-order valence-corrected chi connectivity index (χ1v) is 9.40. The fourth-order valence-electron chi connectivity index (χ4n) is 3.84. The van der Waals surface area contributed by atoms with E-state index < -0.39 is 42.5 Å². The predicted octanol–water partition coefficient (Wildman–Crippen LogP) is -0.181. The van der Waals surface area contributed by atoms with Crippen LogP contribution in [0.2, 0.25) is 0 Å². The lowest BCUT2D eigenvalue weighted by molar-refractivity contribution is -0.231. The summed E-state index contributed by atoms with van der Waals surface area (Å²) in [6.45, 7) is 4.28. The van der Waals surface area contributed by atoms with Crippen LogP contribution in [-0.4, -0.2) is 110 Å². The van der Waals surface area contributed by atoms with Crippen molar-refractivity contribution in [3.05, 3.63) is 0 Å². The van der Waals surface area contributed by atoms with Crippen molar-refractivity contribution in [2.45, 2.75) is 77.5 Å². The first kappa shape index (κ1) is 28.6. The summed E-state index contributed by atoms with van der Waals surface area (Å²) in [6, 6.07) is 0. The number of aliphatic hydroxyl groups is 4. The van der Waals surface area contributed by atoms with Crippen molar-refractivity contribution < 1.29 is 44.1 Å². The van der Waals surface area contributed by atoms with Gasteiger partial charge in [-0.3, -0.25) is 0 Å². The van der Waals surface area contributed by atoms with Crippen LogP contribution < -0.4 is 0 Å². The average Bonchev–Trinajstić information content (AvgIpc) is 2.63. The van der Waals surface area contributed by atoms with Gasteiger partial charge in [0.1, 0.15) is 24.4 Å². The van der Waals surface area contributed by atoms with Crippen LogP contribution in [0, 0.1) is 11.8 Å². The Balaban J connectivity index is 0.00000392. The summed E-state index contributed by atoms with van der Waals surface area (Å²) in [5, 5.41) is 41.1. The molecule has 2 aliphatic rings. The number of methoxy groups -OCH3 is 2. The maximum Gasteiger partial charge on any atom is 0.110 e. The van der Waals surface area contributed by atoms with E-state index in [1.54, 1.807) is 6.92 Å². The van der Waals surface area contributed by atoms with E-state index in [-0.39, 0.29) is 59.4 Å². The number of hydrogen-bond donors (Lipinski definition) is 4. The smallest absolute Gasteiger partial charge is 0.110 e. The number of hydrogen-bond acceptors (Lipinski definition) is 9. The molecule has 0 spiro atoms. The fourth-order valence-corrected chi connectivity index (χ4v) is 3.84. The third kappa shape index (κ3) is 6.81. The average molecular weight is 427 g/mol. The molecule has 176 valence electrons. The molecule has 2 fully saturated rings. The van der Waals surface area contributed by atoms with Gasteiger partial charge in [-0.25, -0.2) is 0 Å². The Morgan fingerprint density at radius 2 is 1.03 bits per heavy atom. The molecule has 0 aromatic rings. The third-order valence-electron chi connectivity index (χ3n) is 5.61. The van der Waals surface area contributed by atoms with Crippen LogP contribution in [0.5, 0.6) is 0 Å².